The van der Waals surface area contributed by atoms with Crippen LogP contribution < -0.4 is 15.0 Å². The third kappa shape index (κ3) is 4.69. The Bertz CT molecular complexity index is 1150. The number of fused-ring (bicyclic) bond motifs is 2. The van der Waals surface area contributed by atoms with Crippen molar-refractivity contribution >= 4 is 5.82 Å². The highest BCUT2D eigenvalue weighted by Crippen LogP contribution is 2.46. The number of aromatic nitrogens is 2. The lowest BCUT2D eigenvalue weighted by molar-refractivity contribution is 0.182. The Labute approximate surface area is 214 Å². The first-order valence-corrected chi connectivity index (χ1v) is 13.8. The van der Waals surface area contributed by atoms with E-state index < -0.39 is 0 Å². The number of aryl methyl sites for hydroxylation is 1. The Kier molecular flexibility index (Phi) is 6.57. The van der Waals surface area contributed by atoms with Gasteiger partial charge in [-0.25, -0.2) is 0 Å². The fraction of sp³-hybridized carbons (Fsp3) is 0.621. The van der Waals surface area contributed by atoms with E-state index in [1.165, 1.54) is 48.1 Å². The van der Waals surface area contributed by atoms with E-state index in [2.05, 4.69) is 52.5 Å². The summed E-state index contributed by atoms with van der Waals surface area (Å²) >= 11 is 0. The zero-order valence-electron chi connectivity index (χ0n) is 21.5. The Hall–Kier alpha value is -2.69. The summed E-state index contributed by atoms with van der Waals surface area (Å²) in [4.78, 5) is 14.9. The molecule has 0 unspecified atom stereocenters. The highest BCUT2D eigenvalue weighted by Gasteiger charge is 2.40. The first-order chi connectivity index (χ1) is 17.6. The largest absolute Gasteiger partial charge is 0.462 e. The van der Waals surface area contributed by atoms with E-state index in [0.717, 1.165) is 57.7 Å². The highest BCUT2D eigenvalue weighted by molar-refractivity contribution is 5.52. The second-order valence-electron chi connectivity index (χ2n) is 11.4. The van der Waals surface area contributed by atoms with Crippen LogP contribution in [0, 0.1) is 16.7 Å². The molecule has 0 radical (unpaired) electrons. The van der Waals surface area contributed by atoms with Gasteiger partial charge in [-0.1, -0.05) is 24.3 Å². The SMILES string of the molecule is CN1CCC[C@H]1COc1nc2c(c(N3CCN[C@@H](CC#N)C3)n1)CC[C@]1(CCc3ccccc3C1)C2. The first-order valence-electron chi connectivity index (χ1n) is 13.8. The Balaban J connectivity index is 1.30. The van der Waals surface area contributed by atoms with Gasteiger partial charge in [-0.3, -0.25) is 0 Å². The molecule has 7 heteroatoms. The number of hydrogen-bond acceptors (Lipinski definition) is 7. The first kappa shape index (κ1) is 23.7. The second-order valence-corrected chi connectivity index (χ2v) is 11.4. The van der Waals surface area contributed by atoms with Crippen molar-refractivity contribution in [3.63, 3.8) is 0 Å². The summed E-state index contributed by atoms with van der Waals surface area (Å²) in [5, 5.41) is 12.8. The van der Waals surface area contributed by atoms with Crippen LogP contribution in [-0.4, -0.2) is 66.8 Å². The third-order valence-electron chi connectivity index (χ3n) is 9.08. The zero-order chi connectivity index (χ0) is 24.5. The van der Waals surface area contributed by atoms with Crippen LogP contribution in [0.25, 0.3) is 0 Å². The van der Waals surface area contributed by atoms with Gasteiger partial charge in [0.2, 0.25) is 0 Å². The minimum atomic E-state index is 0.177. The standard InChI is InChI=1S/C29H38N6O/c1-34-15-4-7-24(34)20-36-28-32-26-18-29(11-8-21-5-2-3-6-22(21)17-29)12-9-25(26)27(33-28)35-16-14-31-23(19-35)10-13-30/h2-3,5-6,23-24,31H,4,7-12,14-20H2,1H3/t23-,24-,29-/m0/s1. The molecule has 1 spiro atoms. The maximum atomic E-state index is 9.26. The van der Waals surface area contributed by atoms with Crippen LogP contribution in [0.3, 0.4) is 0 Å². The van der Waals surface area contributed by atoms with Crippen LogP contribution in [-0.2, 0) is 25.7 Å². The molecule has 2 aromatic rings. The van der Waals surface area contributed by atoms with Crippen LogP contribution in [0.5, 0.6) is 6.01 Å². The van der Waals surface area contributed by atoms with Crippen molar-refractivity contribution in [3.8, 4) is 12.1 Å². The molecule has 1 aromatic heterocycles. The van der Waals surface area contributed by atoms with E-state index in [9.17, 15) is 5.26 Å². The highest BCUT2D eigenvalue weighted by atomic mass is 16.5. The number of anilines is 1. The number of ether oxygens (including phenoxy) is 1. The van der Waals surface area contributed by atoms with Crippen LogP contribution >= 0.6 is 0 Å². The number of likely N-dealkylation sites (tertiary alicyclic amines) is 1. The maximum absolute atomic E-state index is 9.26. The average Bonchev–Trinajstić information content (AvgIpc) is 3.31. The molecule has 0 bridgehead atoms. The van der Waals surface area contributed by atoms with Crippen molar-refractivity contribution in [1.29, 1.82) is 5.26 Å². The van der Waals surface area contributed by atoms with E-state index in [1.54, 1.807) is 0 Å². The normalized spacial score (nSPS) is 27.9. The van der Waals surface area contributed by atoms with Gasteiger partial charge >= 0.3 is 6.01 Å². The van der Waals surface area contributed by atoms with E-state index in [-0.39, 0.29) is 11.5 Å². The summed E-state index contributed by atoms with van der Waals surface area (Å²) in [6, 6.07) is 12.5. The Morgan fingerprint density at radius 2 is 2.00 bits per heavy atom. The molecule has 36 heavy (non-hydrogen) atoms. The lowest BCUT2D eigenvalue weighted by atomic mass is 9.63. The van der Waals surface area contributed by atoms with Gasteiger partial charge in [-0.15, -0.1) is 0 Å². The van der Waals surface area contributed by atoms with E-state index >= 15 is 0 Å². The molecule has 2 saturated heterocycles. The summed E-state index contributed by atoms with van der Waals surface area (Å²) in [7, 11) is 2.18. The van der Waals surface area contributed by atoms with E-state index in [1.807, 2.05) is 0 Å². The van der Waals surface area contributed by atoms with Crippen molar-refractivity contribution in [2.45, 2.75) is 69.9 Å². The number of piperazine rings is 1. The van der Waals surface area contributed by atoms with Crippen LogP contribution in [0.1, 0.15) is 54.5 Å². The molecular formula is C29H38N6O. The molecule has 0 saturated carbocycles. The summed E-state index contributed by atoms with van der Waals surface area (Å²) in [5.41, 5.74) is 5.82. The molecule has 6 rings (SSSR count). The molecule has 7 nitrogen and oxygen atoms in total. The average molecular weight is 487 g/mol. The Morgan fingerprint density at radius 1 is 1.14 bits per heavy atom. The van der Waals surface area contributed by atoms with Crippen molar-refractivity contribution in [1.82, 2.24) is 20.2 Å². The van der Waals surface area contributed by atoms with Crippen LogP contribution in [0.4, 0.5) is 5.82 Å². The smallest absolute Gasteiger partial charge is 0.318 e. The lowest BCUT2D eigenvalue weighted by Crippen LogP contribution is -2.51. The predicted molar refractivity (Wildman–Crippen MR) is 140 cm³/mol. The number of rotatable bonds is 5. The van der Waals surface area contributed by atoms with E-state index in [0.29, 0.717) is 25.1 Å². The summed E-state index contributed by atoms with van der Waals surface area (Å²) < 4.78 is 6.31. The summed E-state index contributed by atoms with van der Waals surface area (Å²) in [6.45, 7) is 4.35. The Morgan fingerprint density at radius 3 is 2.83 bits per heavy atom. The number of hydrogen-bond donors (Lipinski definition) is 1. The molecule has 2 fully saturated rings. The second kappa shape index (κ2) is 9.99. The number of nitrogens with one attached hydrogen (secondary N) is 1. The van der Waals surface area contributed by atoms with Crippen molar-refractivity contribution in [3.05, 3.63) is 46.6 Å². The fourth-order valence-corrected chi connectivity index (χ4v) is 6.91. The van der Waals surface area contributed by atoms with Crippen LogP contribution in [0.2, 0.25) is 0 Å². The molecule has 4 aliphatic rings. The van der Waals surface area contributed by atoms with E-state index in [4.69, 9.17) is 14.7 Å². The number of likely N-dealkylation sites (N-methyl/N-ethyl adjacent to an activating group) is 1. The van der Waals surface area contributed by atoms with Crippen molar-refractivity contribution < 1.29 is 4.74 Å². The fourth-order valence-electron chi connectivity index (χ4n) is 6.91. The molecule has 1 aromatic carbocycles. The van der Waals surface area contributed by atoms with Gasteiger partial charge in [0, 0.05) is 37.3 Å². The van der Waals surface area contributed by atoms with Gasteiger partial charge in [0.25, 0.3) is 0 Å². The van der Waals surface area contributed by atoms with Crippen molar-refractivity contribution in [2.24, 2.45) is 5.41 Å². The van der Waals surface area contributed by atoms with Gasteiger partial charge in [0.15, 0.2) is 0 Å². The van der Waals surface area contributed by atoms with Crippen LogP contribution in [0.15, 0.2) is 24.3 Å². The maximum Gasteiger partial charge on any atom is 0.318 e. The molecule has 0 amide bonds. The zero-order valence-corrected chi connectivity index (χ0v) is 21.5. The molecule has 1 N–H and O–H groups in total. The monoisotopic (exact) mass is 486 g/mol. The topological polar surface area (TPSA) is 77.3 Å². The van der Waals surface area contributed by atoms with Crippen molar-refractivity contribution in [2.75, 3.05) is 44.7 Å². The molecule has 2 aliphatic heterocycles. The summed E-state index contributed by atoms with van der Waals surface area (Å²) in [6.07, 6.45) is 9.65. The molecule has 2 aliphatic carbocycles. The quantitative estimate of drug-likeness (QED) is 0.695. The summed E-state index contributed by atoms with van der Waals surface area (Å²) in [5.74, 6) is 1.05. The molecular weight excluding hydrogens is 448 g/mol. The van der Waals surface area contributed by atoms with Gasteiger partial charge in [0.05, 0.1) is 18.2 Å². The number of nitrogens with zero attached hydrogens (tertiary/aromatic N) is 5. The lowest BCUT2D eigenvalue weighted by Gasteiger charge is -2.43. The minimum absolute atomic E-state index is 0.177. The molecule has 3 atom stereocenters. The third-order valence-corrected chi connectivity index (χ3v) is 9.08. The number of benzene rings is 1. The minimum Gasteiger partial charge on any atom is -0.462 e. The van der Waals surface area contributed by atoms with Gasteiger partial charge < -0.3 is 19.9 Å². The molecule has 190 valence electrons. The van der Waals surface area contributed by atoms with Gasteiger partial charge in [0.1, 0.15) is 12.4 Å². The van der Waals surface area contributed by atoms with Gasteiger partial charge in [-0.2, -0.15) is 15.2 Å². The molecule has 3 heterocycles. The number of nitriles is 1. The predicted octanol–water partition coefficient (Wildman–Crippen LogP) is 3.31. The van der Waals surface area contributed by atoms with Gasteiger partial charge in [-0.05, 0) is 81.5 Å².